The molecule has 0 saturated heterocycles. The summed E-state index contributed by atoms with van der Waals surface area (Å²) in [6, 6.07) is 25.9. The minimum Gasteiger partial charge on any atom is -0.494 e. The first kappa shape index (κ1) is 16.7. The average molecular weight is 363 g/mol. The number of benzene rings is 3. The minimum absolute atomic E-state index is 0.651. The molecule has 26 heavy (non-hydrogen) atoms. The molecule has 4 rings (SSSR count). The van der Waals surface area contributed by atoms with E-state index in [1.54, 1.807) is 0 Å². The number of fused-ring (bicyclic) bond motifs is 1. The lowest BCUT2D eigenvalue weighted by Gasteiger charge is -2.11. The van der Waals surface area contributed by atoms with E-state index >= 15 is 0 Å². The van der Waals surface area contributed by atoms with E-state index in [0.29, 0.717) is 11.6 Å². The van der Waals surface area contributed by atoms with E-state index in [2.05, 4.69) is 10.6 Å². The van der Waals surface area contributed by atoms with Crippen LogP contribution in [0.5, 0.6) is 5.75 Å². The van der Waals surface area contributed by atoms with Gasteiger partial charge in [-0.15, -0.1) is 0 Å². The molecule has 0 atom stereocenters. The van der Waals surface area contributed by atoms with E-state index in [-0.39, 0.29) is 0 Å². The molecule has 0 saturated carbocycles. The predicted octanol–water partition coefficient (Wildman–Crippen LogP) is 5.83. The molecule has 1 aromatic heterocycles. The molecular formula is C22H19ClN2O. The van der Waals surface area contributed by atoms with Crippen molar-refractivity contribution in [2.24, 2.45) is 0 Å². The van der Waals surface area contributed by atoms with Crippen LogP contribution in [0.4, 0.5) is 0 Å². The third kappa shape index (κ3) is 3.44. The molecule has 4 aromatic rings. The highest BCUT2D eigenvalue weighted by atomic mass is 35.5. The number of para-hydroxylation sites is 3. The molecule has 0 N–H and O–H groups in total. The molecule has 0 fully saturated rings. The van der Waals surface area contributed by atoms with Crippen LogP contribution in [0, 0.1) is 0 Å². The van der Waals surface area contributed by atoms with Gasteiger partial charge < -0.3 is 9.30 Å². The summed E-state index contributed by atoms with van der Waals surface area (Å²) in [5.41, 5.74) is 3.04. The maximum atomic E-state index is 6.42. The molecule has 0 unspecified atom stereocenters. The zero-order chi connectivity index (χ0) is 17.8. The van der Waals surface area contributed by atoms with Gasteiger partial charge in [-0.2, -0.15) is 0 Å². The van der Waals surface area contributed by atoms with Crippen molar-refractivity contribution < 1.29 is 4.74 Å². The lowest BCUT2D eigenvalue weighted by atomic mass is 10.2. The predicted molar refractivity (Wildman–Crippen MR) is 107 cm³/mol. The first-order valence-electron chi connectivity index (χ1n) is 8.71. The van der Waals surface area contributed by atoms with Crippen LogP contribution in [0.15, 0.2) is 78.9 Å². The van der Waals surface area contributed by atoms with Crippen LogP contribution in [-0.2, 0) is 6.54 Å². The fraction of sp³-hybridized carbons (Fsp3) is 0.136. The normalized spacial score (nSPS) is 11.0. The van der Waals surface area contributed by atoms with Gasteiger partial charge in [-0.25, -0.2) is 4.98 Å². The Morgan fingerprint density at radius 1 is 0.846 bits per heavy atom. The first-order chi connectivity index (χ1) is 12.8. The van der Waals surface area contributed by atoms with Gasteiger partial charge in [0, 0.05) is 12.1 Å². The number of ether oxygens (including phenoxy) is 1. The van der Waals surface area contributed by atoms with E-state index in [4.69, 9.17) is 21.3 Å². The van der Waals surface area contributed by atoms with Gasteiger partial charge in [0.05, 0.1) is 22.7 Å². The van der Waals surface area contributed by atoms with E-state index in [0.717, 1.165) is 41.1 Å². The largest absolute Gasteiger partial charge is 0.494 e. The second kappa shape index (κ2) is 7.63. The van der Waals surface area contributed by atoms with Gasteiger partial charge in [-0.1, -0.05) is 54.1 Å². The Morgan fingerprint density at radius 3 is 2.42 bits per heavy atom. The molecule has 0 bridgehead atoms. The Bertz CT molecular complexity index is 1010. The van der Waals surface area contributed by atoms with E-state index < -0.39 is 0 Å². The van der Waals surface area contributed by atoms with E-state index in [1.807, 2.05) is 72.8 Å². The highest BCUT2D eigenvalue weighted by molar-refractivity contribution is 6.33. The summed E-state index contributed by atoms with van der Waals surface area (Å²) in [6.45, 7) is 1.46. The van der Waals surface area contributed by atoms with Crippen molar-refractivity contribution in [2.45, 2.75) is 13.0 Å². The summed E-state index contributed by atoms with van der Waals surface area (Å²) in [5.74, 6) is 1.80. The molecule has 1 heterocycles. The highest BCUT2D eigenvalue weighted by Gasteiger charge is 2.14. The third-order valence-corrected chi connectivity index (χ3v) is 4.64. The summed E-state index contributed by atoms with van der Waals surface area (Å²) in [5, 5.41) is 0.713. The number of aryl methyl sites for hydroxylation is 1. The fourth-order valence-electron chi connectivity index (χ4n) is 3.08. The molecule has 0 aliphatic carbocycles. The lowest BCUT2D eigenvalue weighted by Crippen LogP contribution is -2.06. The van der Waals surface area contributed by atoms with Crippen LogP contribution in [0.2, 0.25) is 5.02 Å². The summed E-state index contributed by atoms with van der Waals surface area (Å²) in [6.07, 6.45) is 0.882. The molecule has 0 aliphatic rings. The number of aromatic nitrogens is 2. The maximum Gasteiger partial charge on any atom is 0.142 e. The standard InChI is InChI=1S/C22H19ClN2O/c23-19-12-5-4-11-18(19)22-24-20-13-6-7-14-21(20)25(22)15-8-16-26-17-9-2-1-3-10-17/h1-7,9-14H,8,15-16H2. The van der Waals surface area contributed by atoms with E-state index in [1.165, 1.54) is 0 Å². The van der Waals surface area contributed by atoms with Gasteiger partial charge in [0.25, 0.3) is 0 Å². The quantitative estimate of drug-likeness (QED) is 0.404. The highest BCUT2D eigenvalue weighted by Crippen LogP contribution is 2.30. The van der Waals surface area contributed by atoms with Crippen molar-refractivity contribution in [3.63, 3.8) is 0 Å². The monoisotopic (exact) mass is 362 g/mol. The van der Waals surface area contributed by atoms with E-state index in [9.17, 15) is 0 Å². The molecule has 130 valence electrons. The Balaban J connectivity index is 1.59. The Morgan fingerprint density at radius 2 is 1.58 bits per heavy atom. The molecule has 0 aliphatic heterocycles. The van der Waals surface area contributed by atoms with Gasteiger partial charge in [0.15, 0.2) is 0 Å². The maximum absolute atomic E-state index is 6.42. The molecule has 3 aromatic carbocycles. The van der Waals surface area contributed by atoms with Crippen molar-refractivity contribution in [3.8, 4) is 17.1 Å². The Labute approximate surface area is 157 Å². The average Bonchev–Trinajstić information content (AvgIpc) is 3.05. The molecule has 0 amide bonds. The summed E-state index contributed by atoms with van der Waals surface area (Å²) >= 11 is 6.42. The number of hydrogen-bond donors (Lipinski definition) is 0. The molecular weight excluding hydrogens is 344 g/mol. The Kier molecular flexibility index (Phi) is 4.89. The first-order valence-corrected chi connectivity index (χ1v) is 9.09. The topological polar surface area (TPSA) is 27.1 Å². The van der Waals surface area contributed by atoms with Crippen molar-refractivity contribution in [1.29, 1.82) is 0 Å². The number of nitrogens with zero attached hydrogens (tertiary/aromatic N) is 2. The number of hydrogen-bond acceptors (Lipinski definition) is 2. The number of halogens is 1. The number of imidazole rings is 1. The molecule has 4 heteroatoms. The van der Waals surface area contributed by atoms with Crippen LogP contribution in [0.25, 0.3) is 22.4 Å². The lowest BCUT2D eigenvalue weighted by molar-refractivity contribution is 0.303. The van der Waals surface area contributed by atoms with Crippen LogP contribution in [0.3, 0.4) is 0 Å². The van der Waals surface area contributed by atoms with Crippen LogP contribution >= 0.6 is 11.6 Å². The zero-order valence-corrected chi connectivity index (χ0v) is 15.1. The summed E-state index contributed by atoms with van der Waals surface area (Å²) in [4.78, 5) is 4.82. The summed E-state index contributed by atoms with van der Waals surface area (Å²) < 4.78 is 8.05. The van der Waals surface area contributed by atoms with Gasteiger partial charge in [-0.3, -0.25) is 0 Å². The second-order valence-corrected chi connectivity index (χ2v) is 6.48. The van der Waals surface area contributed by atoms with Crippen LogP contribution in [-0.4, -0.2) is 16.2 Å². The van der Waals surface area contributed by atoms with Crippen molar-refractivity contribution in [3.05, 3.63) is 83.9 Å². The zero-order valence-electron chi connectivity index (χ0n) is 14.3. The van der Waals surface area contributed by atoms with Crippen LogP contribution < -0.4 is 4.74 Å². The van der Waals surface area contributed by atoms with Gasteiger partial charge in [0.1, 0.15) is 11.6 Å². The Hall–Kier alpha value is -2.78. The molecule has 0 radical (unpaired) electrons. The fourth-order valence-corrected chi connectivity index (χ4v) is 3.30. The molecule has 0 spiro atoms. The third-order valence-electron chi connectivity index (χ3n) is 4.31. The van der Waals surface area contributed by atoms with Gasteiger partial charge >= 0.3 is 0 Å². The summed E-state index contributed by atoms with van der Waals surface area (Å²) in [7, 11) is 0. The smallest absolute Gasteiger partial charge is 0.142 e. The van der Waals surface area contributed by atoms with Crippen molar-refractivity contribution >= 4 is 22.6 Å². The van der Waals surface area contributed by atoms with Crippen molar-refractivity contribution in [1.82, 2.24) is 9.55 Å². The second-order valence-electron chi connectivity index (χ2n) is 6.07. The molecule has 3 nitrogen and oxygen atoms in total. The van der Waals surface area contributed by atoms with Gasteiger partial charge in [0.2, 0.25) is 0 Å². The van der Waals surface area contributed by atoms with Gasteiger partial charge in [-0.05, 0) is 42.8 Å². The minimum atomic E-state index is 0.651. The van der Waals surface area contributed by atoms with Crippen molar-refractivity contribution in [2.75, 3.05) is 6.61 Å². The SMILES string of the molecule is Clc1ccccc1-c1nc2ccccc2n1CCCOc1ccccc1. The number of rotatable bonds is 6. The van der Waals surface area contributed by atoms with Crippen LogP contribution in [0.1, 0.15) is 6.42 Å².